The van der Waals surface area contributed by atoms with E-state index in [0.29, 0.717) is 17.6 Å². The lowest BCUT2D eigenvalue weighted by Gasteiger charge is -2.26. The van der Waals surface area contributed by atoms with Crippen molar-refractivity contribution in [3.63, 3.8) is 0 Å². The lowest BCUT2D eigenvalue weighted by molar-refractivity contribution is 0.399. The van der Waals surface area contributed by atoms with Crippen molar-refractivity contribution >= 4 is 17.7 Å². The molecule has 1 fully saturated rings. The smallest absolute Gasteiger partial charge is 0.130 e. The lowest BCUT2D eigenvalue weighted by atomic mass is 10.0. The predicted molar refractivity (Wildman–Crippen MR) is 159 cm³/mol. The predicted octanol–water partition coefficient (Wildman–Crippen LogP) is 7.35. The van der Waals surface area contributed by atoms with Gasteiger partial charge in [-0.1, -0.05) is 44.5 Å². The van der Waals surface area contributed by atoms with E-state index >= 15 is 0 Å². The van der Waals surface area contributed by atoms with Gasteiger partial charge in [-0.3, -0.25) is 5.41 Å². The monoisotopic (exact) mass is 537 g/mol. The number of H-pyrrole nitrogens is 1. The number of nitrogens with zero attached hydrogens (tertiary/aromatic N) is 4. The third kappa shape index (κ3) is 6.62. The Balaban J connectivity index is 1.25. The highest BCUT2D eigenvalue weighted by Crippen LogP contribution is 2.32. The van der Waals surface area contributed by atoms with Crippen molar-refractivity contribution in [2.45, 2.75) is 45.6 Å². The molecule has 2 unspecified atom stereocenters. The number of nitrogens with one attached hydrogen (secondary N) is 3. The number of hydrogen-bond donors (Lipinski definition) is 3. The van der Waals surface area contributed by atoms with E-state index in [4.69, 9.17) is 15.4 Å². The summed E-state index contributed by atoms with van der Waals surface area (Å²) >= 11 is 0. The number of anilines is 1. The van der Waals surface area contributed by atoms with E-state index in [2.05, 4.69) is 29.1 Å². The maximum atomic E-state index is 13.8. The molecule has 7 nitrogen and oxygen atoms in total. The Kier molecular flexibility index (Phi) is 8.64. The number of aromatic amines is 1. The fourth-order valence-corrected chi connectivity index (χ4v) is 4.97. The zero-order chi connectivity index (χ0) is 27.9. The molecule has 8 heteroatoms. The van der Waals surface area contributed by atoms with Crippen molar-refractivity contribution in [1.82, 2.24) is 24.8 Å². The minimum atomic E-state index is -0.246. The molecule has 0 saturated carbocycles. The molecule has 40 heavy (non-hydrogen) atoms. The third-order valence-corrected chi connectivity index (χ3v) is 7.47. The van der Waals surface area contributed by atoms with Crippen LogP contribution in [0.3, 0.4) is 0 Å². The molecular formula is C32H36FN7. The summed E-state index contributed by atoms with van der Waals surface area (Å²) in [5.74, 6) is 2.31. The Morgan fingerprint density at radius 1 is 1.12 bits per heavy atom. The second-order valence-electron chi connectivity index (χ2n) is 10.4. The van der Waals surface area contributed by atoms with Gasteiger partial charge in [0.2, 0.25) is 0 Å². The highest BCUT2D eigenvalue weighted by atomic mass is 19.1. The standard InChI is InChI=1S/C32H36FN7/c1-3-22(2)17-18-35-31-14-6-12-26(38-31)25-10-5-11-27(37-25)28-21-36-32(39-28)16-15-30(34)40-19-7-13-29(40)23-8-4-9-24(33)20-23/h4-6,8-12,14-16,20-22,29,34H,3,7,13,17-19H2,1-2H3,(H,35,38)(H,36,39)/b16-15-,34-30?. The molecule has 206 valence electrons. The Hall–Kier alpha value is -4.33. The normalized spacial score (nSPS) is 16.0. The van der Waals surface area contributed by atoms with Gasteiger partial charge < -0.3 is 15.2 Å². The molecule has 4 heterocycles. The molecule has 0 spiro atoms. The number of hydrogen-bond acceptors (Lipinski definition) is 5. The molecule has 3 aromatic heterocycles. The van der Waals surface area contributed by atoms with Gasteiger partial charge in [-0.05, 0) is 79.3 Å². The quantitative estimate of drug-likeness (QED) is 0.145. The van der Waals surface area contributed by atoms with E-state index < -0.39 is 0 Å². The Morgan fingerprint density at radius 2 is 1.90 bits per heavy atom. The van der Waals surface area contributed by atoms with Gasteiger partial charge in [0, 0.05) is 13.1 Å². The molecule has 1 aliphatic rings. The van der Waals surface area contributed by atoms with Gasteiger partial charge in [0.15, 0.2) is 0 Å². The van der Waals surface area contributed by atoms with Crippen LogP contribution in [0.15, 0.2) is 72.9 Å². The van der Waals surface area contributed by atoms with Crippen LogP contribution >= 0.6 is 0 Å². The van der Waals surface area contributed by atoms with Crippen molar-refractivity contribution in [2.75, 3.05) is 18.4 Å². The fourth-order valence-electron chi connectivity index (χ4n) is 4.97. The Morgan fingerprint density at radius 3 is 2.73 bits per heavy atom. The van der Waals surface area contributed by atoms with Crippen LogP contribution in [-0.2, 0) is 0 Å². The lowest BCUT2D eigenvalue weighted by Crippen LogP contribution is -2.28. The van der Waals surface area contributed by atoms with Crippen LogP contribution in [0.2, 0.25) is 0 Å². The van der Waals surface area contributed by atoms with Crippen molar-refractivity contribution in [3.05, 3.63) is 90.1 Å². The number of likely N-dealkylation sites (tertiary alicyclic amines) is 1. The molecule has 0 aliphatic carbocycles. The second-order valence-corrected chi connectivity index (χ2v) is 10.4. The number of amidine groups is 1. The number of imidazole rings is 1. The second kappa shape index (κ2) is 12.7. The summed E-state index contributed by atoms with van der Waals surface area (Å²) in [7, 11) is 0. The van der Waals surface area contributed by atoms with Crippen LogP contribution in [-0.4, -0.2) is 43.8 Å². The molecule has 0 radical (unpaired) electrons. The summed E-state index contributed by atoms with van der Waals surface area (Å²) in [6, 6.07) is 18.5. The average molecular weight is 538 g/mol. The van der Waals surface area contributed by atoms with Gasteiger partial charge in [0.25, 0.3) is 0 Å². The van der Waals surface area contributed by atoms with Crippen molar-refractivity contribution in [2.24, 2.45) is 5.92 Å². The minimum Gasteiger partial charge on any atom is -0.370 e. The number of rotatable bonds is 10. The van der Waals surface area contributed by atoms with Crippen molar-refractivity contribution in [3.8, 4) is 22.8 Å². The Labute approximate surface area is 235 Å². The van der Waals surface area contributed by atoms with Crippen LogP contribution < -0.4 is 5.32 Å². The van der Waals surface area contributed by atoms with Gasteiger partial charge in [-0.15, -0.1) is 0 Å². The van der Waals surface area contributed by atoms with Crippen LogP contribution in [0.4, 0.5) is 10.2 Å². The highest BCUT2D eigenvalue weighted by molar-refractivity contribution is 5.94. The van der Waals surface area contributed by atoms with E-state index in [1.165, 1.54) is 12.5 Å². The van der Waals surface area contributed by atoms with Gasteiger partial charge in [-0.25, -0.2) is 19.3 Å². The SMILES string of the molecule is CCC(C)CCNc1cccc(-c2cccc(-c3cnc(/C=C\C(=N)N4CCCC4c4cccc(F)c4)[nH]3)n2)n1. The van der Waals surface area contributed by atoms with E-state index in [1.807, 2.05) is 47.4 Å². The van der Waals surface area contributed by atoms with Gasteiger partial charge >= 0.3 is 0 Å². The number of pyridine rings is 2. The first-order valence-electron chi connectivity index (χ1n) is 14.0. The van der Waals surface area contributed by atoms with Crippen molar-refractivity contribution < 1.29 is 4.39 Å². The topological polar surface area (TPSA) is 93.6 Å². The molecule has 2 atom stereocenters. The first kappa shape index (κ1) is 27.2. The van der Waals surface area contributed by atoms with Crippen LogP contribution in [0.25, 0.3) is 28.9 Å². The molecule has 1 aromatic carbocycles. The first-order valence-corrected chi connectivity index (χ1v) is 14.0. The summed E-state index contributed by atoms with van der Waals surface area (Å²) in [6.07, 6.45) is 9.45. The van der Waals surface area contributed by atoms with Gasteiger partial charge in [0.1, 0.15) is 23.3 Å². The van der Waals surface area contributed by atoms with Crippen LogP contribution in [0.5, 0.6) is 0 Å². The van der Waals surface area contributed by atoms with Crippen LogP contribution in [0.1, 0.15) is 57.0 Å². The summed E-state index contributed by atoms with van der Waals surface area (Å²) in [4.78, 5) is 19.4. The van der Waals surface area contributed by atoms with E-state index in [1.54, 1.807) is 30.5 Å². The maximum Gasteiger partial charge on any atom is 0.130 e. The van der Waals surface area contributed by atoms with Crippen molar-refractivity contribution in [1.29, 1.82) is 5.41 Å². The van der Waals surface area contributed by atoms with Crippen LogP contribution in [0, 0.1) is 17.1 Å². The summed E-state index contributed by atoms with van der Waals surface area (Å²) in [5.41, 5.74) is 4.05. The fraction of sp³-hybridized carbons (Fsp3) is 0.312. The zero-order valence-electron chi connectivity index (χ0n) is 23.1. The third-order valence-electron chi connectivity index (χ3n) is 7.47. The average Bonchev–Trinajstić information content (AvgIpc) is 3.67. The molecule has 1 aliphatic heterocycles. The van der Waals surface area contributed by atoms with Gasteiger partial charge in [-0.2, -0.15) is 0 Å². The van der Waals surface area contributed by atoms with Gasteiger partial charge in [0.05, 0.1) is 35.0 Å². The number of aromatic nitrogens is 4. The summed E-state index contributed by atoms with van der Waals surface area (Å²) in [5, 5.41) is 12.1. The van der Waals surface area contributed by atoms with E-state index in [9.17, 15) is 4.39 Å². The number of benzene rings is 1. The zero-order valence-corrected chi connectivity index (χ0v) is 23.1. The first-order chi connectivity index (χ1) is 19.5. The Bertz CT molecular complexity index is 1480. The summed E-state index contributed by atoms with van der Waals surface area (Å²) in [6.45, 7) is 6.14. The molecular weight excluding hydrogens is 501 g/mol. The van der Waals surface area contributed by atoms with E-state index in [-0.39, 0.29) is 11.9 Å². The highest BCUT2D eigenvalue weighted by Gasteiger charge is 2.27. The van der Waals surface area contributed by atoms with E-state index in [0.717, 1.165) is 66.5 Å². The minimum absolute atomic E-state index is 0.00849. The molecule has 0 bridgehead atoms. The molecule has 5 rings (SSSR count). The summed E-state index contributed by atoms with van der Waals surface area (Å²) < 4.78 is 13.8. The molecule has 0 amide bonds. The molecule has 1 saturated heterocycles. The number of halogens is 1. The molecule has 3 N–H and O–H groups in total. The molecule has 4 aromatic rings. The largest absolute Gasteiger partial charge is 0.370 e. The maximum absolute atomic E-state index is 13.8.